The Morgan fingerprint density at radius 1 is 1.64 bits per heavy atom. The molecule has 1 aromatic heterocycles. The smallest absolute Gasteiger partial charge is 0.406 e. The maximum atomic E-state index is 11.8. The van der Waals surface area contributed by atoms with Gasteiger partial charge < -0.3 is 14.9 Å². The number of rotatable bonds is 3. The minimum Gasteiger partial charge on any atom is -0.426 e. The maximum absolute atomic E-state index is 11.8. The second-order valence-electron chi connectivity index (χ2n) is 2.11. The summed E-state index contributed by atoms with van der Waals surface area (Å²) in [6.07, 6.45) is 1.12. The Hall–Kier alpha value is -1.31. The van der Waals surface area contributed by atoms with Crippen LogP contribution < -0.4 is 4.74 Å². The normalized spacial score (nSPS) is 10.3. The lowest BCUT2D eigenvalue weighted by atomic mass is 10.4. The van der Waals surface area contributed by atoms with Crippen LogP contribution in [0.2, 0.25) is 0 Å². The molecule has 14 heavy (non-hydrogen) atoms. The summed E-state index contributed by atoms with van der Waals surface area (Å²) in [6.45, 7) is -3.12. The highest BCUT2D eigenvalue weighted by Crippen LogP contribution is 2.28. The van der Waals surface area contributed by atoms with E-state index < -0.39 is 23.1 Å². The molecule has 1 rings (SSSR count). The van der Waals surface area contributed by atoms with Crippen molar-refractivity contribution in [3.8, 4) is 5.75 Å². The zero-order valence-corrected chi connectivity index (χ0v) is 8.07. The zero-order chi connectivity index (χ0) is 10.7. The number of aromatic nitrogens is 1. The van der Waals surface area contributed by atoms with Crippen molar-refractivity contribution in [1.29, 1.82) is 0 Å². The predicted octanol–water partition coefficient (Wildman–Crippen LogP) is 2.35. The summed E-state index contributed by atoms with van der Waals surface area (Å²) < 4.78 is 27.9. The molecule has 0 N–H and O–H groups in total. The molecule has 0 fully saturated rings. The molecule has 0 amide bonds. The summed E-state index contributed by atoms with van der Waals surface area (Å²) in [7, 11) is 0. The molecule has 0 aliphatic carbocycles. The Balaban J connectivity index is 3.09. The first-order valence-electron chi connectivity index (χ1n) is 3.25. The average Bonchev–Trinajstić information content (AvgIpc) is 2.01. The van der Waals surface area contributed by atoms with Gasteiger partial charge in [-0.15, -0.1) is 0 Å². The van der Waals surface area contributed by atoms with Crippen molar-refractivity contribution in [2.45, 2.75) is 6.61 Å². The van der Waals surface area contributed by atoms with Crippen LogP contribution in [-0.4, -0.2) is 16.5 Å². The number of nitrogens with zero attached hydrogens (tertiary/aromatic N) is 2. The lowest BCUT2D eigenvalue weighted by Gasteiger charge is -2.03. The molecule has 0 bridgehead atoms. The molecule has 5 nitrogen and oxygen atoms in total. The highest BCUT2D eigenvalue weighted by atomic mass is 79.9. The van der Waals surface area contributed by atoms with E-state index in [0.717, 1.165) is 12.3 Å². The van der Waals surface area contributed by atoms with Gasteiger partial charge >= 0.3 is 12.4 Å². The number of pyridine rings is 1. The van der Waals surface area contributed by atoms with Crippen molar-refractivity contribution in [3.05, 3.63) is 26.9 Å². The van der Waals surface area contributed by atoms with E-state index in [4.69, 9.17) is 0 Å². The Morgan fingerprint density at radius 3 is 2.79 bits per heavy atom. The Labute approximate surface area is 85.0 Å². The molecule has 0 saturated heterocycles. The Bertz CT molecular complexity index is 361. The van der Waals surface area contributed by atoms with Gasteiger partial charge in [0.25, 0.3) is 0 Å². The van der Waals surface area contributed by atoms with Crippen LogP contribution >= 0.6 is 15.9 Å². The van der Waals surface area contributed by atoms with Crippen molar-refractivity contribution < 1.29 is 18.4 Å². The highest BCUT2D eigenvalue weighted by Gasteiger charge is 2.20. The third kappa shape index (κ3) is 2.59. The van der Waals surface area contributed by atoms with Crippen LogP contribution in [0.4, 0.5) is 14.6 Å². The van der Waals surface area contributed by atoms with E-state index in [1.165, 1.54) is 0 Å². The summed E-state index contributed by atoms with van der Waals surface area (Å²) >= 11 is 2.93. The third-order valence-corrected chi connectivity index (χ3v) is 1.62. The summed E-state index contributed by atoms with van der Waals surface area (Å²) in [6, 6.07) is 1.05. The van der Waals surface area contributed by atoms with Gasteiger partial charge in [0.15, 0.2) is 6.20 Å². The van der Waals surface area contributed by atoms with Crippen LogP contribution in [-0.2, 0) is 0 Å². The predicted molar refractivity (Wildman–Crippen MR) is 45.2 cm³/mol. The van der Waals surface area contributed by atoms with E-state index in [1.807, 2.05) is 0 Å². The average molecular weight is 269 g/mol. The fraction of sp³-hybridized carbons (Fsp3) is 0.167. The number of halogens is 3. The van der Waals surface area contributed by atoms with Crippen LogP contribution in [0.1, 0.15) is 0 Å². The maximum Gasteiger partial charge on any atom is 0.406 e. The first-order chi connectivity index (χ1) is 6.50. The van der Waals surface area contributed by atoms with Gasteiger partial charge in [0.05, 0.1) is 4.47 Å². The molecule has 1 aromatic rings. The monoisotopic (exact) mass is 268 g/mol. The number of ether oxygens (including phenoxy) is 1. The molecule has 1 heterocycles. The number of alkyl halides is 2. The van der Waals surface area contributed by atoms with Gasteiger partial charge in [0.2, 0.25) is 5.75 Å². The second kappa shape index (κ2) is 4.27. The largest absolute Gasteiger partial charge is 0.426 e. The van der Waals surface area contributed by atoms with Crippen LogP contribution in [0.5, 0.6) is 5.75 Å². The van der Waals surface area contributed by atoms with Gasteiger partial charge in [0.1, 0.15) is 0 Å². The summed E-state index contributed by atoms with van der Waals surface area (Å²) in [5.41, 5.74) is 0. The molecule has 0 unspecified atom stereocenters. The SMILES string of the molecule is O=[N+]([O-])c1ncc(Br)cc1OC(F)F. The lowest BCUT2D eigenvalue weighted by Crippen LogP contribution is -2.05. The van der Waals surface area contributed by atoms with Gasteiger partial charge in [-0.2, -0.15) is 8.78 Å². The lowest BCUT2D eigenvalue weighted by molar-refractivity contribution is -0.391. The van der Waals surface area contributed by atoms with Gasteiger partial charge in [-0.3, -0.25) is 0 Å². The highest BCUT2D eigenvalue weighted by molar-refractivity contribution is 9.10. The van der Waals surface area contributed by atoms with Crippen LogP contribution in [0.15, 0.2) is 16.7 Å². The van der Waals surface area contributed by atoms with E-state index >= 15 is 0 Å². The van der Waals surface area contributed by atoms with Crippen molar-refractivity contribution in [1.82, 2.24) is 4.98 Å². The third-order valence-electron chi connectivity index (χ3n) is 1.19. The fourth-order valence-electron chi connectivity index (χ4n) is 0.733. The summed E-state index contributed by atoms with van der Waals surface area (Å²) in [4.78, 5) is 12.7. The van der Waals surface area contributed by atoms with Crippen molar-refractivity contribution in [2.75, 3.05) is 0 Å². The number of hydrogen-bond acceptors (Lipinski definition) is 4. The minimum atomic E-state index is -3.12. The first kappa shape index (κ1) is 10.8. The molecule has 0 aliphatic rings. The summed E-state index contributed by atoms with van der Waals surface area (Å²) in [5, 5.41) is 10.3. The van der Waals surface area contributed by atoms with E-state index in [9.17, 15) is 18.9 Å². The van der Waals surface area contributed by atoms with Gasteiger partial charge in [0, 0.05) is 6.07 Å². The number of hydrogen-bond donors (Lipinski definition) is 0. The molecular weight excluding hydrogens is 266 g/mol. The zero-order valence-electron chi connectivity index (χ0n) is 6.49. The van der Waals surface area contributed by atoms with Crippen LogP contribution in [0, 0.1) is 10.1 Å². The van der Waals surface area contributed by atoms with Crippen molar-refractivity contribution in [2.24, 2.45) is 0 Å². The quantitative estimate of drug-likeness (QED) is 0.624. The molecule has 8 heteroatoms. The molecule has 0 aromatic carbocycles. The second-order valence-corrected chi connectivity index (χ2v) is 3.03. The van der Waals surface area contributed by atoms with Gasteiger partial charge in [-0.05, 0) is 25.8 Å². The standard InChI is InChI=1S/C6H3BrF2N2O3/c7-3-1-4(14-6(8)9)5(10-2-3)11(12)13/h1-2,6H. The summed E-state index contributed by atoms with van der Waals surface area (Å²) in [5.74, 6) is -1.31. The van der Waals surface area contributed by atoms with Crippen LogP contribution in [0.25, 0.3) is 0 Å². The van der Waals surface area contributed by atoms with Crippen molar-refractivity contribution in [3.63, 3.8) is 0 Å². The molecule has 0 aliphatic heterocycles. The van der Waals surface area contributed by atoms with E-state index in [-0.39, 0.29) is 0 Å². The van der Waals surface area contributed by atoms with E-state index in [0.29, 0.717) is 4.47 Å². The minimum absolute atomic E-state index is 0.318. The molecule has 0 saturated carbocycles. The Morgan fingerprint density at radius 2 is 2.29 bits per heavy atom. The van der Waals surface area contributed by atoms with Crippen LogP contribution in [0.3, 0.4) is 0 Å². The van der Waals surface area contributed by atoms with E-state index in [2.05, 4.69) is 25.7 Å². The van der Waals surface area contributed by atoms with E-state index in [1.54, 1.807) is 0 Å². The van der Waals surface area contributed by atoms with Crippen molar-refractivity contribution >= 4 is 21.7 Å². The molecule has 0 spiro atoms. The fourth-order valence-corrected chi connectivity index (χ4v) is 1.04. The van der Waals surface area contributed by atoms with Gasteiger partial charge in [-0.1, -0.05) is 0 Å². The molecule has 76 valence electrons. The molecule has 0 radical (unpaired) electrons. The van der Waals surface area contributed by atoms with Gasteiger partial charge in [-0.25, -0.2) is 0 Å². The molecular formula is C6H3BrF2N2O3. The molecule has 0 atom stereocenters. The first-order valence-corrected chi connectivity index (χ1v) is 4.04. The number of nitro groups is 1. The topological polar surface area (TPSA) is 65.3 Å². The Kier molecular flexibility index (Phi) is 3.28.